The first-order valence-corrected chi connectivity index (χ1v) is 6.63. The number of carbonyl (C=O) groups excluding carboxylic acids is 1. The number of amides is 1. The molecule has 0 atom stereocenters. The van der Waals surface area contributed by atoms with E-state index < -0.39 is 0 Å². The third-order valence-corrected chi connectivity index (χ3v) is 2.52. The van der Waals surface area contributed by atoms with Crippen molar-refractivity contribution in [2.45, 2.75) is 39.2 Å². The molecule has 0 fully saturated rings. The normalized spacial score (nSPS) is 11.4. The Morgan fingerprint density at radius 3 is 2.74 bits per heavy atom. The van der Waals surface area contributed by atoms with Crippen molar-refractivity contribution in [2.24, 2.45) is 5.73 Å². The fourth-order valence-corrected chi connectivity index (χ4v) is 1.59. The van der Waals surface area contributed by atoms with Crippen molar-refractivity contribution in [3.8, 4) is 0 Å². The summed E-state index contributed by atoms with van der Waals surface area (Å²) < 4.78 is 5.43. The summed E-state index contributed by atoms with van der Waals surface area (Å²) in [6.07, 6.45) is 1.88. The molecule has 1 aromatic carbocycles. The molecule has 0 saturated heterocycles. The number of nitrogens with two attached hydrogens (primary N) is 1. The Kier molecular flexibility index (Phi) is 5.99. The highest BCUT2D eigenvalue weighted by Crippen LogP contribution is 2.13. The highest BCUT2D eigenvalue weighted by atomic mass is 16.5. The number of ether oxygens (including phenoxy) is 1. The molecule has 1 amide bonds. The van der Waals surface area contributed by atoms with Crippen LogP contribution >= 0.6 is 0 Å². The average molecular weight is 264 g/mol. The van der Waals surface area contributed by atoms with Gasteiger partial charge in [-0.25, -0.2) is 0 Å². The number of benzene rings is 1. The van der Waals surface area contributed by atoms with Crippen molar-refractivity contribution in [3.05, 3.63) is 29.8 Å². The van der Waals surface area contributed by atoms with Crippen molar-refractivity contribution in [1.82, 2.24) is 0 Å². The Bertz CT molecular complexity index is 411. The molecule has 0 aromatic heterocycles. The third-order valence-electron chi connectivity index (χ3n) is 2.52. The molecular formula is C15H24N2O2. The van der Waals surface area contributed by atoms with Gasteiger partial charge in [0.25, 0.3) is 0 Å². The second kappa shape index (κ2) is 7.26. The SMILES string of the molecule is CC(C)(C)OCC(=O)Nc1cccc(CCCN)c1. The van der Waals surface area contributed by atoms with E-state index in [4.69, 9.17) is 10.5 Å². The quantitative estimate of drug-likeness (QED) is 0.829. The predicted molar refractivity (Wildman–Crippen MR) is 78.2 cm³/mol. The van der Waals surface area contributed by atoms with Gasteiger partial charge in [0.15, 0.2) is 0 Å². The van der Waals surface area contributed by atoms with E-state index in [1.54, 1.807) is 0 Å². The minimum Gasteiger partial charge on any atom is -0.366 e. The molecule has 0 saturated carbocycles. The molecule has 1 rings (SSSR count). The molecule has 106 valence electrons. The molecule has 19 heavy (non-hydrogen) atoms. The number of rotatable bonds is 6. The minimum absolute atomic E-state index is 0.0660. The molecule has 0 spiro atoms. The Labute approximate surface area is 115 Å². The molecule has 0 radical (unpaired) electrons. The van der Waals surface area contributed by atoms with Crippen molar-refractivity contribution in [2.75, 3.05) is 18.5 Å². The minimum atomic E-state index is -0.305. The second-order valence-electron chi connectivity index (χ2n) is 5.54. The molecule has 0 aliphatic heterocycles. The highest BCUT2D eigenvalue weighted by Gasteiger charge is 2.12. The summed E-state index contributed by atoms with van der Waals surface area (Å²) in [4.78, 5) is 11.7. The Morgan fingerprint density at radius 2 is 2.11 bits per heavy atom. The highest BCUT2D eigenvalue weighted by molar-refractivity contribution is 5.91. The van der Waals surface area contributed by atoms with E-state index in [0.717, 1.165) is 18.5 Å². The van der Waals surface area contributed by atoms with Gasteiger partial charge < -0.3 is 15.8 Å². The summed E-state index contributed by atoms with van der Waals surface area (Å²) in [6, 6.07) is 7.83. The van der Waals surface area contributed by atoms with E-state index in [9.17, 15) is 4.79 Å². The van der Waals surface area contributed by atoms with Gasteiger partial charge in [0.05, 0.1) is 5.60 Å². The summed E-state index contributed by atoms with van der Waals surface area (Å²) in [6.45, 7) is 6.52. The van der Waals surface area contributed by atoms with Crippen LogP contribution in [-0.2, 0) is 16.0 Å². The lowest BCUT2D eigenvalue weighted by Crippen LogP contribution is -2.27. The summed E-state index contributed by atoms with van der Waals surface area (Å²) in [5, 5.41) is 2.84. The monoisotopic (exact) mass is 264 g/mol. The van der Waals surface area contributed by atoms with Crippen LogP contribution in [0.3, 0.4) is 0 Å². The van der Waals surface area contributed by atoms with Crippen LogP contribution in [0.1, 0.15) is 32.8 Å². The van der Waals surface area contributed by atoms with Crippen LogP contribution in [0.15, 0.2) is 24.3 Å². The summed E-state index contributed by atoms with van der Waals surface area (Å²) >= 11 is 0. The molecule has 4 nitrogen and oxygen atoms in total. The molecule has 0 bridgehead atoms. The molecule has 0 heterocycles. The largest absolute Gasteiger partial charge is 0.366 e. The zero-order valence-corrected chi connectivity index (χ0v) is 12.0. The van der Waals surface area contributed by atoms with Crippen LogP contribution in [-0.4, -0.2) is 24.7 Å². The van der Waals surface area contributed by atoms with Crippen LogP contribution in [0.2, 0.25) is 0 Å². The van der Waals surface area contributed by atoms with Crippen molar-refractivity contribution >= 4 is 11.6 Å². The lowest BCUT2D eigenvalue weighted by molar-refractivity contribution is -0.125. The maximum absolute atomic E-state index is 11.7. The van der Waals surface area contributed by atoms with Gasteiger partial charge in [0, 0.05) is 5.69 Å². The number of aryl methyl sites for hydroxylation is 1. The van der Waals surface area contributed by atoms with Gasteiger partial charge in [-0.3, -0.25) is 4.79 Å². The number of nitrogens with one attached hydrogen (secondary N) is 1. The fraction of sp³-hybridized carbons (Fsp3) is 0.533. The van der Waals surface area contributed by atoms with E-state index in [2.05, 4.69) is 5.32 Å². The number of carbonyl (C=O) groups is 1. The smallest absolute Gasteiger partial charge is 0.250 e. The van der Waals surface area contributed by atoms with Crippen molar-refractivity contribution in [3.63, 3.8) is 0 Å². The van der Waals surface area contributed by atoms with Crippen LogP contribution in [0.5, 0.6) is 0 Å². The van der Waals surface area contributed by atoms with Gasteiger partial charge in [-0.2, -0.15) is 0 Å². The average Bonchev–Trinajstić information content (AvgIpc) is 2.33. The first-order chi connectivity index (χ1) is 8.90. The number of anilines is 1. The lowest BCUT2D eigenvalue weighted by Gasteiger charge is -2.19. The topological polar surface area (TPSA) is 64.3 Å². The Balaban J connectivity index is 2.49. The zero-order chi connectivity index (χ0) is 14.3. The van der Waals surface area contributed by atoms with Crippen LogP contribution in [0.4, 0.5) is 5.69 Å². The third kappa shape index (κ3) is 6.94. The van der Waals surface area contributed by atoms with Gasteiger partial charge in [0.1, 0.15) is 6.61 Å². The first kappa shape index (κ1) is 15.7. The van der Waals surface area contributed by atoms with Gasteiger partial charge in [-0.15, -0.1) is 0 Å². The van der Waals surface area contributed by atoms with Crippen LogP contribution < -0.4 is 11.1 Å². The van der Waals surface area contributed by atoms with Gasteiger partial charge in [-0.1, -0.05) is 12.1 Å². The summed E-state index contributed by atoms with van der Waals surface area (Å²) in [5.74, 6) is -0.133. The Morgan fingerprint density at radius 1 is 1.37 bits per heavy atom. The van der Waals surface area contributed by atoms with E-state index in [1.165, 1.54) is 5.56 Å². The standard InChI is InChI=1S/C15H24N2O2/c1-15(2,3)19-11-14(18)17-13-8-4-6-12(10-13)7-5-9-16/h4,6,8,10H,5,7,9,11,16H2,1-3H3,(H,17,18). The Hall–Kier alpha value is -1.39. The zero-order valence-electron chi connectivity index (χ0n) is 12.0. The van der Waals surface area contributed by atoms with E-state index >= 15 is 0 Å². The summed E-state index contributed by atoms with van der Waals surface area (Å²) in [5.41, 5.74) is 7.17. The predicted octanol–water partition coefficient (Wildman–Crippen LogP) is 2.33. The maximum Gasteiger partial charge on any atom is 0.250 e. The fourth-order valence-electron chi connectivity index (χ4n) is 1.59. The van der Waals surface area contributed by atoms with E-state index in [1.807, 2.05) is 45.0 Å². The van der Waals surface area contributed by atoms with Crippen molar-refractivity contribution < 1.29 is 9.53 Å². The summed E-state index contributed by atoms with van der Waals surface area (Å²) in [7, 11) is 0. The number of hydrogen-bond donors (Lipinski definition) is 2. The van der Waals surface area contributed by atoms with Gasteiger partial charge in [0.2, 0.25) is 5.91 Å². The molecular weight excluding hydrogens is 240 g/mol. The first-order valence-electron chi connectivity index (χ1n) is 6.63. The van der Waals surface area contributed by atoms with Crippen LogP contribution in [0, 0.1) is 0 Å². The molecule has 0 unspecified atom stereocenters. The molecule has 4 heteroatoms. The van der Waals surface area contributed by atoms with Crippen LogP contribution in [0.25, 0.3) is 0 Å². The molecule has 0 aliphatic carbocycles. The molecule has 0 aliphatic rings. The number of hydrogen-bond acceptors (Lipinski definition) is 3. The van der Waals surface area contributed by atoms with Gasteiger partial charge in [-0.05, 0) is 57.9 Å². The van der Waals surface area contributed by atoms with E-state index in [-0.39, 0.29) is 18.1 Å². The lowest BCUT2D eigenvalue weighted by atomic mass is 10.1. The van der Waals surface area contributed by atoms with E-state index in [0.29, 0.717) is 6.54 Å². The van der Waals surface area contributed by atoms with Gasteiger partial charge >= 0.3 is 0 Å². The molecule has 1 aromatic rings. The van der Waals surface area contributed by atoms with Crippen molar-refractivity contribution in [1.29, 1.82) is 0 Å². The molecule has 3 N–H and O–H groups in total. The maximum atomic E-state index is 11.7. The second-order valence-corrected chi connectivity index (χ2v) is 5.54.